The van der Waals surface area contributed by atoms with E-state index in [1.54, 1.807) is 6.07 Å². The maximum absolute atomic E-state index is 13.2. The molecule has 0 unspecified atom stereocenters. The number of hydrogen-bond donors (Lipinski definition) is 3. The highest BCUT2D eigenvalue weighted by molar-refractivity contribution is 6.19. The van der Waals surface area contributed by atoms with E-state index in [1.165, 1.54) is 18.2 Å². The van der Waals surface area contributed by atoms with E-state index in [-0.39, 0.29) is 39.9 Å². The minimum atomic E-state index is -1.16. The predicted octanol–water partition coefficient (Wildman–Crippen LogP) is 5.16. The van der Waals surface area contributed by atoms with Gasteiger partial charge in [0.05, 0.1) is 11.1 Å². The van der Waals surface area contributed by atoms with Crippen molar-refractivity contribution in [2.24, 2.45) is 0 Å². The third kappa shape index (κ3) is 5.24. The lowest BCUT2D eigenvalue weighted by Crippen LogP contribution is -2.36. The first-order valence-corrected chi connectivity index (χ1v) is 11.6. The second kappa shape index (κ2) is 11.1. The minimum absolute atomic E-state index is 0.0218. The third-order valence-corrected chi connectivity index (χ3v) is 6.88. The average molecular weight is 454 g/mol. The van der Waals surface area contributed by atoms with Gasteiger partial charge in [-0.2, -0.15) is 0 Å². The van der Waals surface area contributed by atoms with Crippen molar-refractivity contribution in [1.29, 1.82) is 0 Å². The largest absolute Gasteiger partial charge is 0.478 e. The van der Waals surface area contributed by atoms with Crippen molar-refractivity contribution >= 4 is 35.4 Å². The maximum Gasteiger partial charge on any atom is 0.336 e. The van der Waals surface area contributed by atoms with Gasteiger partial charge in [0.2, 0.25) is 0 Å². The van der Waals surface area contributed by atoms with Gasteiger partial charge in [0, 0.05) is 22.4 Å². The fourth-order valence-corrected chi connectivity index (χ4v) is 5.33. The van der Waals surface area contributed by atoms with E-state index in [4.69, 9.17) is 4.79 Å². The number of carboxylic acids is 2. The van der Waals surface area contributed by atoms with E-state index in [9.17, 15) is 24.6 Å². The molecule has 0 radical (unpaired) electrons. The minimum Gasteiger partial charge on any atom is -0.478 e. The zero-order valence-electron chi connectivity index (χ0n) is 18.8. The van der Waals surface area contributed by atoms with Gasteiger partial charge >= 0.3 is 11.9 Å². The highest BCUT2D eigenvalue weighted by Crippen LogP contribution is 2.40. The van der Waals surface area contributed by atoms with Gasteiger partial charge < -0.3 is 20.3 Å². The molecule has 0 aliphatic heterocycles. The van der Waals surface area contributed by atoms with Gasteiger partial charge in [-0.1, -0.05) is 44.6 Å². The van der Waals surface area contributed by atoms with Crippen molar-refractivity contribution in [2.45, 2.75) is 76.2 Å². The van der Waals surface area contributed by atoms with Crippen LogP contribution < -0.4 is 5.32 Å². The van der Waals surface area contributed by atoms with Crippen molar-refractivity contribution in [3.63, 3.8) is 0 Å². The Morgan fingerprint density at radius 3 is 1.76 bits per heavy atom. The molecule has 3 N–H and O–H groups in total. The number of benzene rings is 2. The van der Waals surface area contributed by atoms with Crippen LogP contribution in [0.3, 0.4) is 0 Å². The van der Waals surface area contributed by atoms with Crippen LogP contribution in [0.1, 0.15) is 107 Å². The van der Waals surface area contributed by atoms with Crippen LogP contribution in [0.25, 0.3) is 10.8 Å². The van der Waals surface area contributed by atoms with Gasteiger partial charge in [0.1, 0.15) is 6.79 Å². The molecule has 2 fully saturated rings. The number of carbonyl (C=O) groups excluding carboxylic acids is 2. The van der Waals surface area contributed by atoms with Crippen LogP contribution in [0.5, 0.6) is 0 Å². The van der Waals surface area contributed by atoms with Gasteiger partial charge in [-0.15, -0.1) is 0 Å². The summed E-state index contributed by atoms with van der Waals surface area (Å²) in [5.74, 6) is -2.41. The molecular formula is C26H31NO6. The molecule has 0 saturated heterocycles. The van der Waals surface area contributed by atoms with E-state index < -0.39 is 11.9 Å². The lowest BCUT2D eigenvalue weighted by molar-refractivity contribution is -0.0980. The van der Waals surface area contributed by atoms with Gasteiger partial charge in [0.15, 0.2) is 0 Å². The number of rotatable bonds is 5. The molecule has 0 bridgehead atoms. The van der Waals surface area contributed by atoms with Crippen LogP contribution in [0.2, 0.25) is 0 Å². The highest BCUT2D eigenvalue weighted by Gasteiger charge is 2.27. The molecule has 2 aliphatic rings. The molecule has 7 nitrogen and oxygen atoms in total. The molecule has 2 saturated carbocycles. The highest BCUT2D eigenvalue weighted by atomic mass is 16.4. The van der Waals surface area contributed by atoms with Crippen molar-refractivity contribution < 1.29 is 29.4 Å². The summed E-state index contributed by atoms with van der Waals surface area (Å²) in [7, 11) is 0. The average Bonchev–Trinajstić information content (AvgIpc) is 2.84. The molecular weight excluding hydrogens is 422 g/mol. The normalized spacial score (nSPS) is 17.1. The molecule has 7 heteroatoms. The molecule has 176 valence electrons. The quantitative estimate of drug-likeness (QED) is 0.575. The standard InChI is InChI=1S/C25H29NO5.CH2O/c27-23(26-16-9-5-2-6-10-16)18-12-14-19(24(28)29)21-17(15-7-3-1-4-8-15)11-13-20(22(18)21)25(30)31;1-2/h11-16H,1-10H2,(H,26,27)(H,28,29)(H,30,31);1H2. The number of carbonyl (C=O) groups is 4. The van der Waals surface area contributed by atoms with Gasteiger partial charge in [0.25, 0.3) is 5.91 Å². The van der Waals surface area contributed by atoms with E-state index >= 15 is 0 Å². The Labute approximate surface area is 193 Å². The van der Waals surface area contributed by atoms with Crippen molar-refractivity contribution in [3.8, 4) is 0 Å². The first kappa shape index (κ1) is 24.4. The third-order valence-electron chi connectivity index (χ3n) is 6.88. The molecule has 2 aliphatic carbocycles. The SMILES string of the molecule is C=O.O=C(O)c1ccc(C2CCCCC2)c2c(C(=O)O)ccc(C(=O)NC3CCCCC3)c12. The number of amides is 1. The van der Waals surface area contributed by atoms with E-state index in [1.807, 2.05) is 6.79 Å². The summed E-state index contributed by atoms with van der Waals surface area (Å²) >= 11 is 0. The second-order valence-electron chi connectivity index (χ2n) is 8.87. The number of aromatic carboxylic acids is 2. The summed E-state index contributed by atoms with van der Waals surface area (Å²) in [5.41, 5.74) is 1.14. The molecule has 0 aromatic heterocycles. The fourth-order valence-electron chi connectivity index (χ4n) is 5.33. The van der Waals surface area contributed by atoms with Crippen LogP contribution in [0, 0.1) is 0 Å². The Bertz CT molecular complexity index is 1030. The molecule has 0 spiro atoms. The number of nitrogens with one attached hydrogen (secondary N) is 1. The molecule has 0 heterocycles. The number of hydrogen-bond acceptors (Lipinski definition) is 4. The lowest BCUT2D eigenvalue weighted by atomic mass is 9.79. The van der Waals surface area contributed by atoms with Gasteiger partial charge in [-0.3, -0.25) is 4.79 Å². The summed E-state index contributed by atoms with van der Waals surface area (Å²) in [5, 5.41) is 23.5. The van der Waals surface area contributed by atoms with E-state index in [2.05, 4.69) is 5.32 Å². The van der Waals surface area contributed by atoms with Crippen LogP contribution >= 0.6 is 0 Å². The van der Waals surface area contributed by atoms with Gasteiger partial charge in [-0.25, -0.2) is 9.59 Å². The Kier molecular flexibility index (Phi) is 8.20. The lowest BCUT2D eigenvalue weighted by Gasteiger charge is -2.26. The molecule has 2 aromatic rings. The maximum atomic E-state index is 13.2. The molecule has 33 heavy (non-hydrogen) atoms. The smallest absolute Gasteiger partial charge is 0.336 e. The predicted molar refractivity (Wildman–Crippen MR) is 125 cm³/mol. The van der Waals surface area contributed by atoms with Crippen LogP contribution in [-0.4, -0.2) is 40.9 Å². The summed E-state index contributed by atoms with van der Waals surface area (Å²) in [6.07, 6.45) is 10.3. The number of carboxylic acid groups (broad SMARTS) is 2. The van der Waals surface area contributed by atoms with Crippen molar-refractivity contribution in [1.82, 2.24) is 5.32 Å². The van der Waals surface area contributed by atoms with Crippen LogP contribution in [0.15, 0.2) is 24.3 Å². The molecule has 4 rings (SSSR count). The molecule has 0 atom stereocenters. The first-order valence-electron chi connectivity index (χ1n) is 11.6. The Balaban J connectivity index is 0.00000149. The second-order valence-corrected chi connectivity index (χ2v) is 8.87. The Hall–Kier alpha value is -3.22. The zero-order chi connectivity index (χ0) is 24.0. The summed E-state index contributed by atoms with van der Waals surface area (Å²) in [6.45, 7) is 2.00. The Morgan fingerprint density at radius 1 is 0.697 bits per heavy atom. The molecule has 1 amide bonds. The van der Waals surface area contributed by atoms with Crippen LogP contribution in [-0.2, 0) is 4.79 Å². The number of fused-ring (bicyclic) bond motifs is 1. The zero-order valence-corrected chi connectivity index (χ0v) is 18.8. The Morgan fingerprint density at radius 2 is 1.18 bits per heavy atom. The summed E-state index contributed by atoms with van der Waals surface area (Å²) in [6, 6.07) is 6.30. The summed E-state index contributed by atoms with van der Waals surface area (Å²) < 4.78 is 0. The monoisotopic (exact) mass is 453 g/mol. The van der Waals surface area contributed by atoms with Crippen molar-refractivity contribution in [2.75, 3.05) is 0 Å². The van der Waals surface area contributed by atoms with Gasteiger partial charge in [-0.05, 0) is 55.4 Å². The molecule has 2 aromatic carbocycles. The first-order chi connectivity index (χ1) is 16.0. The van der Waals surface area contributed by atoms with E-state index in [0.29, 0.717) is 5.39 Å². The fraction of sp³-hybridized carbons (Fsp3) is 0.462. The summed E-state index contributed by atoms with van der Waals surface area (Å²) in [4.78, 5) is 45.4. The topological polar surface area (TPSA) is 121 Å². The van der Waals surface area contributed by atoms with E-state index in [0.717, 1.165) is 69.8 Å². The van der Waals surface area contributed by atoms with Crippen LogP contribution in [0.4, 0.5) is 0 Å². The van der Waals surface area contributed by atoms with Crippen molar-refractivity contribution in [3.05, 3.63) is 46.5 Å².